The summed E-state index contributed by atoms with van der Waals surface area (Å²) >= 11 is 3.56. The van der Waals surface area contributed by atoms with Gasteiger partial charge >= 0.3 is 0 Å². The van der Waals surface area contributed by atoms with Crippen molar-refractivity contribution < 1.29 is 9.47 Å². The van der Waals surface area contributed by atoms with Gasteiger partial charge in [-0.15, -0.1) is 36.6 Å². The van der Waals surface area contributed by atoms with E-state index in [-0.39, 0.29) is 24.8 Å². The monoisotopic (exact) mass is 442 g/mol. The molecule has 0 radical (unpaired) electrons. The molecule has 0 aromatic carbocycles. The molecule has 0 N–H and O–H groups in total. The maximum absolute atomic E-state index is 5.38. The Bertz CT molecular complexity index is 454. The minimum atomic E-state index is 0. The van der Waals surface area contributed by atoms with Crippen LogP contribution in [0.15, 0.2) is 22.4 Å². The lowest BCUT2D eigenvalue weighted by Crippen LogP contribution is -2.37. The Labute approximate surface area is 177 Å². The third-order valence-corrected chi connectivity index (χ3v) is 5.86. The molecule has 1 aromatic heterocycles. The maximum Gasteiger partial charge on any atom is 0.188 e. The molecular weight excluding hydrogens is 415 g/mol. The maximum atomic E-state index is 5.38. The Hall–Kier alpha value is 0.200. The van der Waals surface area contributed by atoms with Gasteiger partial charge in [-0.25, -0.2) is 9.97 Å². The van der Waals surface area contributed by atoms with Gasteiger partial charge in [0.25, 0.3) is 0 Å². The predicted molar refractivity (Wildman–Crippen MR) is 112 cm³/mol. The number of morpholine rings is 2. The molecule has 0 unspecified atom stereocenters. The zero-order valence-electron chi connectivity index (χ0n) is 14.9. The van der Waals surface area contributed by atoms with Crippen molar-refractivity contribution in [2.45, 2.75) is 10.2 Å². The predicted octanol–water partition coefficient (Wildman–Crippen LogP) is 2.17. The van der Waals surface area contributed by atoms with E-state index in [9.17, 15) is 0 Å². The summed E-state index contributed by atoms with van der Waals surface area (Å²) in [6.07, 6.45) is 1.88. The Morgan fingerprint density at radius 1 is 0.846 bits per heavy atom. The molecule has 2 aliphatic heterocycles. The number of hydrogen-bond donors (Lipinski definition) is 0. The highest BCUT2D eigenvalue weighted by atomic mass is 35.5. The Morgan fingerprint density at radius 3 is 1.96 bits per heavy atom. The van der Waals surface area contributed by atoms with Crippen molar-refractivity contribution in [3.8, 4) is 0 Å². The van der Waals surface area contributed by atoms with Crippen molar-refractivity contribution in [2.75, 3.05) is 77.2 Å². The molecule has 2 saturated heterocycles. The van der Waals surface area contributed by atoms with Crippen LogP contribution in [0.2, 0.25) is 0 Å². The highest BCUT2D eigenvalue weighted by Crippen LogP contribution is 2.19. The summed E-state index contributed by atoms with van der Waals surface area (Å²) < 4.78 is 10.8. The van der Waals surface area contributed by atoms with Crippen molar-refractivity contribution in [1.82, 2.24) is 19.8 Å². The van der Waals surface area contributed by atoms with Gasteiger partial charge in [0.15, 0.2) is 5.16 Å². The third kappa shape index (κ3) is 8.93. The van der Waals surface area contributed by atoms with E-state index in [1.165, 1.54) is 0 Å². The van der Waals surface area contributed by atoms with Crippen molar-refractivity contribution in [3.63, 3.8) is 0 Å². The van der Waals surface area contributed by atoms with Gasteiger partial charge in [-0.05, 0) is 6.07 Å². The van der Waals surface area contributed by atoms with E-state index in [0.717, 1.165) is 87.4 Å². The fourth-order valence-corrected chi connectivity index (χ4v) is 4.42. The standard InChI is InChI=1S/C16H26N4O2S2.2ClH/c1-2-17-16(24-14-8-20-5-11-22-12-6-20)18-15(1)23-13-7-19-3-9-21-10-4-19;;/h1-2H,3-14H2;2*1H. The van der Waals surface area contributed by atoms with Gasteiger partial charge in [-0.1, -0.05) is 11.8 Å². The van der Waals surface area contributed by atoms with Crippen LogP contribution in [0.25, 0.3) is 0 Å². The SMILES string of the molecule is Cl.Cl.c1cc(SCCN2CCOCC2)nc(SCCN2CCOCC2)n1. The topological polar surface area (TPSA) is 50.7 Å². The van der Waals surface area contributed by atoms with Crippen LogP contribution in [-0.4, -0.2) is 97.0 Å². The summed E-state index contributed by atoms with van der Waals surface area (Å²) in [5.41, 5.74) is 0. The number of halogens is 2. The number of hydrogen-bond acceptors (Lipinski definition) is 8. The molecule has 1 aromatic rings. The highest BCUT2D eigenvalue weighted by Gasteiger charge is 2.11. The summed E-state index contributed by atoms with van der Waals surface area (Å²) in [6, 6.07) is 2.01. The first kappa shape index (κ1) is 24.2. The molecule has 2 aliphatic rings. The molecule has 10 heteroatoms. The van der Waals surface area contributed by atoms with E-state index >= 15 is 0 Å². The molecule has 3 rings (SSSR count). The largest absolute Gasteiger partial charge is 0.379 e. The molecule has 26 heavy (non-hydrogen) atoms. The molecule has 0 saturated carbocycles. The number of rotatable bonds is 8. The molecule has 0 amide bonds. The average Bonchev–Trinajstić information content (AvgIpc) is 2.64. The van der Waals surface area contributed by atoms with E-state index in [1.807, 2.05) is 24.0 Å². The van der Waals surface area contributed by atoms with Gasteiger partial charge in [-0.2, -0.15) is 0 Å². The van der Waals surface area contributed by atoms with Crippen LogP contribution in [0.4, 0.5) is 0 Å². The molecule has 0 aliphatic carbocycles. The molecule has 3 heterocycles. The molecule has 0 bridgehead atoms. The van der Waals surface area contributed by atoms with Crippen LogP contribution in [0.5, 0.6) is 0 Å². The fraction of sp³-hybridized carbons (Fsp3) is 0.750. The fourth-order valence-electron chi connectivity index (χ4n) is 2.67. The van der Waals surface area contributed by atoms with Crippen molar-refractivity contribution in [2.24, 2.45) is 0 Å². The molecule has 0 atom stereocenters. The van der Waals surface area contributed by atoms with Crippen LogP contribution in [0.3, 0.4) is 0 Å². The normalized spacial score (nSPS) is 18.8. The second-order valence-electron chi connectivity index (χ2n) is 5.78. The number of nitrogens with zero attached hydrogens (tertiary/aromatic N) is 4. The lowest BCUT2D eigenvalue weighted by atomic mass is 10.4. The molecule has 150 valence electrons. The van der Waals surface area contributed by atoms with Crippen LogP contribution in [0, 0.1) is 0 Å². The molecule has 6 nitrogen and oxygen atoms in total. The lowest BCUT2D eigenvalue weighted by Gasteiger charge is -2.26. The van der Waals surface area contributed by atoms with Crippen molar-refractivity contribution >= 4 is 48.3 Å². The minimum absolute atomic E-state index is 0. The van der Waals surface area contributed by atoms with E-state index in [4.69, 9.17) is 9.47 Å². The second-order valence-corrected chi connectivity index (χ2v) is 7.96. The van der Waals surface area contributed by atoms with Gasteiger partial charge < -0.3 is 9.47 Å². The second kappa shape index (κ2) is 14.2. The quantitative estimate of drug-likeness (QED) is 0.344. The Balaban J connectivity index is 0.00000169. The smallest absolute Gasteiger partial charge is 0.188 e. The number of thioether (sulfide) groups is 2. The van der Waals surface area contributed by atoms with Gasteiger partial charge in [0.05, 0.1) is 26.4 Å². The van der Waals surface area contributed by atoms with Gasteiger partial charge in [0.1, 0.15) is 5.03 Å². The summed E-state index contributed by atoms with van der Waals surface area (Å²) in [5.74, 6) is 2.09. The van der Waals surface area contributed by atoms with Crippen LogP contribution in [0.1, 0.15) is 0 Å². The molecule has 2 fully saturated rings. The number of aromatic nitrogens is 2. The van der Waals surface area contributed by atoms with Crippen molar-refractivity contribution in [3.05, 3.63) is 12.3 Å². The Kier molecular flexibility index (Phi) is 13.3. The number of ether oxygens (including phenoxy) is 2. The summed E-state index contributed by atoms with van der Waals surface area (Å²) in [4.78, 5) is 14.0. The first-order valence-electron chi connectivity index (χ1n) is 8.59. The Morgan fingerprint density at radius 2 is 1.38 bits per heavy atom. The minimum Gasteiger partial charge on any atom is -0.379 e. The lowest BCUT2D eigenvalue weighted by molar-refractivity contribution is 0.0409. The van der Waals surface area contributed by atoms with Crippen molar-refractivity contribution in [1.29, 1.82) is 0 Å². The van der Waals surface area contributed by atoms with Gasteiger partial charge in [-0.3, -0.25) is 9.80 Å². The van der Waals surface area contributed by atoms with E-state index in [2.05, 4.69) is 19.8 Å². The first-order chi connectivity index (χ1) is 11.9. The van der Waals surface area contributed by atoms with E-state index in [0.29, 0.717) is 0 Å². The zero-order valence-corrected chi connectivity index (χ0v) is 18.1. The van der Waals surface area contributed by atoms with Gasteiger partial charge in [0.2, 0.25) is 0 Å². The first-order valence-corrected chi connectivity index (χ1v) is 10.6. The summed E-state index contributed by atoms with van der Waals surface area (Å²) in [6.45, 7) is 9.79. The third-order valence-electron chi connectivity index (χ3n) is 4.11. The average molecular weight is 443 g/mol. The van der Waals surface area contributed by atoms with E-state index < -0.39 is 0 Å². The van der Waals surface area contributed by atoms with Crippen LogP contribution < -0.4 is 0 Å². The van der Waals surface area contributed by atoms with E-state index in [1.54, 1.807) is 11.8 Å². The molecular formula is C16H28Cl2N4O2S2. The van der Waals surface area contributed by atoms with Crippen LogP contribution in [-0.2, 0) is 9.47 Å². The molecule has 0 spiro atoms. The zero-order chi connectivity index (χ0) is 16.5. The highest BCUT2D eigenvalue weighted by molar-refractivity contribution is 7.99. The summed E-state index contributed by atoms with van der Waals surface area (Å²) in [7, 11) is 0. The summed E-state index contributed by atoms with van der Waals surface area (Å²) in [5, 5.41) is 1.96. The van der Waals surface area contributed by atoms with Gasteiger partial charge in [0, 0.05) is 57.0 Å². The van der Waals surface area contributed by atoms with Crippen LogP contribution >= 0.6 is 48.3 Å².